The number of methoxy groups -OCH3 is 1. The first-order valence-electron chi connectivity index (χ1n) is 8.39. The van der Waals surface area contributed by atoms with Crippen LogP contribution in [0.1, 0.15) is 57.9 Å². The Bertz CT molecular complexity index is 728. The number of rotatable bonds is 6. The molecule has 3 heteroatoms. The van der Waals surface area contributed by atoms with E-state index in [2.05, 4.69) is 39.8 Å². The molecule has 1 aromatic rings. The molecule has 0 N–H and O–H groups in total. The monoisotopic (exact) mass is 330 g/mol. The lowest BCUT2D eigenvalue weighted by Gasteiger charge is -2.10. The molecule has 0 aromatic carbocycles. The fourth-order valence-corrected chi connectivity index (χ4v) is 2.58. The molecule has 132 valence electrons. The van der Waals surface area contributed by atoms with Gasteiger partial charge in [0.25, 0.3) is 5.95 Å². The molecule has 0 radical (unpaired) electrons. The van der Waals surface area contributed by atoms with Gasteiger partial charge in [-0.15, -0.1) is 0 Å². The van der Waals surface area contributed by atoms with Crippen molar-refractivity contribution in [3.05, 3.63) is 56.5 Å². The highest BCUT2D eigenvalue weighted by Gasteiger charge is 2.15. The number of hydrogen-bond donors (Lipinski definition) is 0. The summed E-state index contributed by atoms with van der Waals surface area (Å²) in [6.07, 6.45) is 7.50. The Morgan fingerprint density at radius 2 is 1.71 bits per heavy atom. The Hall–Kier alpha value is -2.03. The van der Waals surface area contributed by atoms with Crippen molar-refractivity contribution in [2.75, 3.05) is 7.11 Å². The third-order valence-corrected chi connectivity index (χ3v) is 3.88. The van der Waals surface area contributed by atoms with E-state index in [1.54, 1.807) is 13.8 Å². The van der Waals surface area contributed by atoms with E-state index in [1.165, 1.54) is 12.7 Å². The van der Waals surface area contributed by atoms with Crippen LogP contribution in [0.5, 0.6) is 5.95 Å². The van der Waals surface area contributed by atoms with Gasteiger partial charge in [-0.2, -0.15) is 0 Å². The summed E-state index contributed by atoms with van der Waals surface area (Å²) >= 11 is 0. The van der Waals surface area contributed by atoms with Crippen molar-refractivity contribution < 1.29 is 9.15 Å². The van der Waals surface area contributed by atoms with Crippen LogP contribution < -0.4 is 10.2 Å². The normalized spacial score (nSPS) is 13.6. The molecule has 1 heterocycles. The van der Waals surface area contributed by atoms with Gasteiger partial charge in [-0.1, -0.05) is 43.2 Å². The van der Waals surface area contributed by atoms with E-state index in [4.69, 9.17) is 9.15 Å². The van der Waals surface area contributed by atoms with Crippen molar-refractivity contribution >= 4 is 5.57 Å². The Morgan fingerprint density at radius 1 is 1.08 bits per heavy atom. The Morgan fingerprint density at radius 3 is 2.25 bits per heavy atom. The van der Waals surface area contributed by atoms with Crippen LogP contribution in [-0.4, -0.2) is 7.11 Å². The zero-order chi connectivity index (χ0) is 18.4. The minimum Gasteiger partial charge on any atom is -0.468 e. The average Bonchev–Trinajstić information content (AvgIpc) is 2.50. The van der Waals surface area contributed by atoms with Gasteiger partial charge < -0.3 is 9.15 Å². The molecule has 0 atom stereocenters. The van der Waals surface area contributed by atoms with Gasteiger partial charge in [-0.05, 0) is 52.5 Å². The van der Waals surface area contributed by atoms with Gasteiger partial charge in [0, 0.05) is 5.56 Å². The van der Waals surface area contributed by atoms with E-state index in [0.717, 1.165) is 17.6 Å². The van der Waals surface area contributed by atoms with Gasteiger partial charge in [0.2, 0.25) is 0 Å². The number of allylic oxidation sites excluding steroid dienone is 6. The van der Waals surface area contributed by atoms with E-state index in [9.17, 15) is 4.79 Å². The summed E-state index contributed by atoms with van der Waals surface area (Å²) in [4.78, 5) is 12.3. The van der Waals surface area contributed by atoms with Crippen molar-refractivity contribution in [1.82, 2.24) is 0 Å². The predicted octanol–water partition coefficient (Wildman–Crippen LogP) is 5.61. The van der Waals surface area contributed by atoms with Crippen LogP contribution in [0.4, 0.5) is 0 Å². The molecule has 1 rings (SSSR count). The molecule has 0 saturated heterocycles. The second-order valence-electron chi connectivity index (χ2n) is 6.80. The predicted molar refractivity (Wildman–Crippen MR) is 102 cm³/mol. The maximum atomic E-state index is 12.3. The average molecular weight is 330 g/mol. The van der Waals surface area contributed by atoms with E-state index in [1.807, 2.05) is 13.0 Å². The fourth-order valence-electron chi connectivity index (χ4n) is 2.58. The number of ether oxygens (including phenoxy) is 1. The Labute approximate surface area is 145 Å². The fraction of sp³-hybridized carbons (Fsp3) is 0.476. The van der Waals surface area contributed by atoms with Gasteiger partial charge in [0.1, 0.15) is 5.76 Å². The maximum Gasteiger partial charge on any atom is 0.291 e. The summed E-state index contributed by atoms with van der Waals surface area (Å²) in [5.41, 5.74) is 4.36. The first-order valence-corrected chi connectivity index (χ1v) is 8.39. The Kier molecular flexibility index (Phi) is 7.27. The molecule has 24 heavy (non-hydrogen) atoms. The van der Waals surface area contributed by atoms with Crippen LogP contribution >= 0.6 is 0 Å². The summed E-state index contributed by atoms with van der Waals surface area (Å²) in [7, 11) is 1.51. The van der Waals surface area contributed by atoms with E-state index in [-0.39, 0.29) is 11.4 Å². The van der Waals surface area contributed by atoms with Crippen molar-refractivity contribution in [2.45, 2.75) is 54.9 Å². The third-order valence-electron chi connectivity index (χ3n) is 3.88. The molecular weight excluding hydrogens is 300 g/mol. The lowest BCUT2D eigenvalue weighted by molar-refractivity contribution is 0.288. The zero-order valence-electron chi connectivity index (χ0n) is 16.2. The number of hydrogen-bond acceptors (Lipinski definition) is 3. The van der Waals surface area contributed by atoms with Crippen LogP contribution in [0.15, 0.2) is 38.6 Å². The van der Waals surface area contributed by atoms with Gasteiger partial charge in [0.15, 0.2) is 5.43 Å². The summed E-state index contributed by atoms with van der Waals surface area (Å²) in [6, 6.07) is 0. The highest BCUT2D eigenvalue weighted by Crippen LogP contribution is 2.25. The van der Waals surface area contributed by atoms with Crippen molar-refractivity contribution in [3.8, 4) is 5.95 Å². The van der Waals surface area contributed by atoms with Crippen molar-refractivity contribution in [1.29, 1.82) is 0 Å². The van der Waals surface area contributed by atoms with Crippen molar-refractivity contribution in [2.24, 2.45) is 5.92 Å². The van der Waals surface area contributed by atoms with Gasteiger partial charge >= 0.3 is 0 Å². The summed E-state index contributed by atoms with van der Waals surface area (Å²) < 4.78 is 11.0. The molecule has 0 amide bonds. The van der Waals surface area contributed by atoms with Crippen LogP contribution in [0.25, 0.3) is 5.57 Å². The molecule has 0 fully saturated rings. The third kappa shape index (κ3) is 5.26. The molecular formula is C21H30O3. The van der Waals surface area contributed by atoms with Crippen LogP contribution in [-0.2, 0) is 0 Å². The largest absolute Gasteiger partial charge is 0.468 e. The second-order valence-corrected chi connectivity index (χ2v) is 6.80. The standard InChI is InChI=1S/C21H30O3/c1-13(2)9-10-14(3)11-15(4)12-16(5)20-17(6)19(22)18(7)21(23-8)24-20/h10-13H,9H2,1-8H3/b14-10+,15-11+,16-12+. The van der Waals surface area contributed by atoms with Gasteiger partial charge in [0.05, 0.1) is 12.7 Å². The molecule has 0 aliphatic carbocycles. The smallest absolute Gasteiger partial charge is 0.291 e. The molecule has 0 bridgehead atoms. The minimum atomic E-state index is -0.0320. The summed E-state index contributed by atoms with van der Waals surface area (Å²) in [5.74, 6) is 1.52. The molecule has 0 spiro atoms. The van der Waals surface area contributed by atoms with E-state index >= 15 is 0 Å². The van der Waals surface area contributed by atoms with Gasteiger partial charge in [-0.25, -0.2) is 0 Å². The Balaban J connectivity index is 3.20. The lowest BCUT2D eigenvalue weighted by Crippen LogP contribution is -2.12. The molecule has 0 aliphatic rings. The first-order chi connectivity index (χ1) is 11.2. The molecule has 3 nitrogen and oxygen atoms in total. The lowest BCUT2D eigenvalue weighted by atomic mass is 10.0. The highest BCUT2D eigenvalue weighted by molar-refractivity contribution is 5.65. The quantitative estimate of drug-likeness (QED) is 0.637. The first kappa shape index (κ1) is 20.0. The molecule has 0 unspecified atom stereocenters. The van der Waals surface area contributed by atoms with Gasteiger partial charge in [-0.3, -0.25) is 4.79 Å². The van der Waals surface area contributed by atoms with E-state index < -0.39 is 0 Å². The van der Waals surface area contributed by atoms with Crippen LogP contribution in [0.2, 0.25) is 0 Å². The topological polar surface area (TPSA) is 39.4 Å². The van der Waals surface area contributed by atoms with Crippen molar-refractivity contribution in [3.63, 3.8) is 0 Å². The maximum absolute atomic E-state index is 12.3. The molecule has 0 saturated carbocycles. The SMILES string of the molecule is COc1oc(/C(C)=C/C(C)=C/C(C)=C/CC(C)C)c(C)c(=O)c1C. The highest BCUT2D eigenvalue weighted by atomic mass is 16.6. The summed E-state index contributed by atoms with van der Waals surface area (Å²) in [6.45, 7) is 14.0. The summed E-state index contributed by atoms with van der Waals surface area (Å²) in [5, 5.41) is 0. The second kappa shape index (κ2) is 8.72. The minimum absolute atomic E-state index is 0.0320. The molecule has 1 aromatic heterocycles. The van der Waals surface area contributed by atoms with Crippen LogP contribution in [0.3, 0.4) is 0 Å². The molecule has 0 aliphatic heterocycles. The van der Waals surface area contributed by atoms with Crippen LogP contribution in [0, 0.1) is 19.8 Å². The van der Waals surface area contributed by atoms with E-state index in [0.29, 0.717) is 22.8 Å². The zero-order valence-corrected chi connectivity index (χ0v) is 16.2.